The van der Waals surface area contributed by atoms with Crippen LogP contribution in [0, 0.1) is 11.7 Å². The van der Waals surface area contributed by atoms with Crippen LogP contribution in [0.4, 0.5) is 4.39 Å². The molecule has 0 aliphatic carbocycles. The Labute approximate surface area is 120 Å². The quantitative estimate of drug-likeness (QED) is 0.902. The summed E-state index contributed by atoms with van der Waals surface area (Å²) in [6.07, 6.45) is 1.69. The van der Waals surface area contributed by atoms with Crippen molar-refractivity contribution >= 4 is 15.9 Å². The molecular formula is C14H16BrFN2O. The standard InChI is InChI=1S/C14H16BrFN2O/c1-9(2)6-17-7-10-8-18-19-14(10)12-4-3-11(16)5-13(12)15/h3-5,8-9,17H,6-7H2,1-2H3. The van der Waals surface area contributed by atoms with Crippen LogP contribution < -0.4 is 5.32 Å². The summed E-state index contributed by atoms with van der Waals surface area (Å²) >= 11 is 3.35. The van der Waals surface area contributed by atoms with Crippen LogP contribution in [0.15, 0.2) is 33.4 Å². The Morgan fingerprint density at radius 3 is 2.89 bits per heavy atom. The monoisotopic (exact) mass is 326 g/mol. The van der Waals surface area contributed by atoms with E-state index in [2.05, 4.69) is 40.3 Å². The van der Waals surface area contributed by atoms with Crippen LogP contribution >= 0.6 is 15.9 Å². The molecule has 1 aromatic carbocycles. The summed E-state index contributed by atoms with van der Waals surface area (Å²) in [5.41, 5.74) is 1.77. The SMILES string of the molecule is CC(C)CNCc1cnoc1-c1ccc(F)cc1Br. The molecule has 0 spiro atoms. The number of halogens is 2. The molecule has 0 aliphatic heterocycles. The summed E-state index contributed by atoms with van der Waals surface area (Å²) in [5, 5.41) is 7.17. The van der Waals surface area contributed by atoms with Crippen LogP contribution in [-0.2, 0) is 6.54 Å². The van der Waals surface area contributed by atoms with Gasteiger partial charge in [0.2, 0.25) is 0 Å². The van der Waals surface area contributed by atoms with Gasteiger partial charge in [0.25, 0.3) is 0 Å². The molecule has 0 fully saturated rings. The molecule has 0 aliphatic rings. The van der Waals surface area contributed by atoms with Crippen LogP contribution in [0.1, 0.15) is 19.4 Å². The summed E-state index contributed by atoms with van der Waals surface area (Å²) in [6.45, 7) is 5.91. The number of hydrogen-bond acceptors (Lipinski definition) is 3. The lowest BCUT2D eigenvalue weighted by molar-refractivity contribution is 0.431. The number of aromatic nitrogens is 1. The number of nitrogens with one attached hydrogen (secondary N) is 1. The van der Waals surface area contributed by atoms with Gasteiger partial charge >= 0.3 is 0 Å². The lowest BCUT2D eigenvalue weighted by Gasteiger charge is -2.07. The summed E-state index contributed by atoms with van der Waals surface area (Å²) in [6, 6.07) is 4.52. The van der Waals surface area contributed by atoms with E-state index in [1.54, 1.807) is 12.3 Å². The van der Waals surface area contributed by atoms with Gasteiger partial charge in [0, 0.05) is 22.1 Å². The third-order valence-electron chi connectivity index (χ3n) is 2.69. The molecule has 2 rings (SSSR count). The Morgan fingerprint density at radius 2 is 2.21 bits per heavy atom. The number of benzene rings is 1. The summed E-state index contributed by atoms with van der Waals surface area (Å²) in [4.78, 5) is 0. The molecule has 0 atom stereocenters. The summed E-state index contributed by atoms with van der Waals surface area (Å²) in [5.74, 6) is 0.971. The Kier molecular flexibility index (Phi) is 4.71. The first-order chi connectivity index (χ1) is 9.08. The molecule has 1 aromatic heterocycles. The summed E-state index contributed by atoms with van der Waals surface area (Å²) in [7, 11) is 0. The second kappa shape index (κ2) is 6.30. The molecule has 102 valence electrons. The van der Waals surface area contributed by atoms with E-state index in [0.717, 1.165) is 17.7 Å². The maximum Gasteiger partial charge on any atom is 0.172 e. The van der Waals surface area contributed by atoms with Gasteiger partial charge in [-0.2, -0.15) is 0 Å². The van der Waals surface area contributed by atoms with Gasteiger partial charge in [0.1, 0.15) is 5.82 Å². The van der Waals surface area contributed by atoms with Gasteiger partial charge in [0.05, 0.1) is 6.20 Å². The third kappa shape index (κ3) is 3.64. The molecule has 0 unspecified atom stereocenters. The van der Waals surface area contributed by atoms with Crippen LogP contribution in [0.25, 0.3) is 11.3 Å². The maximum atomic E-state index is 13.1. The van der Waals surface area contributed by atoms with Gasteiger partial charge in [-0.3, -0.25) is 0 Å². The maximum absolute atomic E-state index is 13.1. The van der Waals surface area contributed by atoms with Crippen LogP contribution in [0.2, 0.25) is 0 Å². The average Bonchev–Trinajstić information content (AvgIpc) is 2.77. The van der Waals surface area contributed by atoms with Gasteiger partial charge in [-0.25, -0.2) is 4.39 Å². The first-order valence-electron chi connectivity index (χ1n) is 6.17. The fourth-order valence-electron chi connectivity index (χ4n) is 1.78. The van der Waals surface area contributed by atoms with E-state index >= 15 is 0 Å². The van der Waals surface area contributed by atoms with Crippen molar-refractivity contribution in [1.82, 2.24) is 10.5 Å². The van der Waals surface area contributed by atoms with E-state index in [1.807, 2.05) is 0 Å². The van der Waals surface area contributed by atoms with Gasteiger partial charge in [-0.1, -0.05) is 19.0 Å². The zero-order chi connectivity index (χ0) is 13.8. The Hall–Kier alpha value is -1.20. The van der Waals surface area contributed by atoms with Gasteiger partial charge in [-0.15, -0.1) is 0 Å². The second-order valence-corrected chi connectivity index (χ2v) is 5.68. The Bertz CT molecular complexity index is 554. The van der Waals surface area contributed by atoms with Crippen molar-refractivity contribution in [2.75, 3.05) is 6.54 Å². The number of nitrogens with zero attached hydrogens (tertiary/aromatic N) is 1. The highest BCUT2D eigenvalue weighted by molar-refractivity contribution is 9.10. The fourth-order valence-corrected chi connectivity index (χ4v) is 2.31. The molecule has 0 saturated heterocycles. The minimum Gasteiger partial charge on any atom is -0.356 e. The lowest BCUT2D eigenvalue weighted by atomic mass is 10.1. The van der Waals surface area contributed by atoms with Crippen molar-refractivity contribution in [3.8, 4) is 11.3 Å². The highest BCUT2D eigenvalue weighted by Gasteiger charge is 2.14. The highest BCUT2D eigenvalue weighted by Crippen LogP contribution is 2.31. The molecule has 0 bridgehead atoms. The van der Waals surface area contributed by atoms with Crippen LogP contribution in [0.5, 0.6) is 0 Å². The van der Waals surface area contributed by atoms with Crippen molar-refractivity contribution < 1.29 is 8.91 Å². The first-order valence-corrected chi connectivity index (χ1v) is 6.97. The van der Waals surface area contributed by atoms with E-state index in [9.17, 15) is 4.39 Å². The molecule has 5 heteroatoms. The largest absolute Gasteiger partial charge is 0.356 e. The molecule has 1 heterocycles. The lowest BCUT2D eigenvalue weighted by Crippen LogP contribution is -2.18. The zero-order valence-electron chi connectivity index (χ0n) is 10.9. The van der Waals surface area contributed by atoms with E-state index in [4.69, 9.17) is 4.52 Å². The van der Waals surface area contributed by atoms with Crippen LogP contribution in [0.3, 0.4) is 0 Å². The third-order valence-corrected chi connectivity index (χ3v) is 3.34. The smallest absolute Gasteiger partial charge is 0.172 e. The van der Waals surface area contributed by atoms with Gasteiger partial charge in [0.15, 0.2) is 5.76 Å². The topological polar surface area (TPSA) is 38.1 Å². The molecule has 1 N–H and O–H groups in total. The molecule has 2 aromatic rings. The second-order valence-electron chi connectivity index (χ2n) is 4.83. The fraction of sp³-hybridized carbons (Fsp3) is 0.357. The average molecular weight is 327 g/mol. The van der Waals surface area contributed by atoms with Gasteiger partial charge < -0.3 is 9.84 Å². The Morgan fingerprint density at radius 1 is 1.42 bits per heavy atom. The van der Waals surface area contributed by atoms with E-state index in [0.29, 0.717) is 22.7 Å². The molecule has 0 amide bonds. The predicted molar refractivity (Wildman–Crippen MR) is 76.1 cm³/mol. The minimum atomic E-state index is -0.283. The molecule has 0 radical (unpaired) electrons. The van der Waals surface area contributed by atoms with Crippen molar-refractivity contribution in [3.05, 3.63) is 40.2 Å². The van der Waals surface area contributed by atoms with Gasteiger partial charge in [-0.05, 0) is 46.6 Å². The molecular weight excluding hydrogens is 311 g/mol. The molecule has 0 saturated carbocycles. The molecule has 19 heavy (non-hydrogen) atoms. The summed E-state index contributed by atoms with van der Waals surface area (Å²) < 4.78 is 19.0. The first kappa shape index (κ1) is 14.2. The number of rotatable bonds is 5. The van der Waals surface area contributed by atoms with Crippen molar-refractivity contribution in [1.29, 1.82) is 0 Å². The predicted octanol–water partition coefficient (Wildman–Crippen LogP) is 3.99. The van der Waals surface area contributed by atoms with E-state index < -0.39 is 0 Å². The Balaban J connectivity index is 2.19. The minimum absolute atomic E-state index is 0.283. The zero-order valence-corrected chi connectivity index (χ0v) is 12.5. The van der Waals surface area contributed by atoms with Crippen molar-refractivity contribution in [3.63, 3.8) is 0 Å². The van der Waals surface area contributed by atoms with Crippen molar-refractivity contribution in [2.24, 2.45) is 5.92 Å². The normalized spacial score (nSPS) is 11.2. The highest BCUT2D eigenvalue weighted by atomic mass is 79.9. The van der Waals surface area contributed by atoms with E-state index in [-0.39, 0.29) is 5.82 Å². The van der Waals surface area contributed by atoms with E-state index in [1.165, 1.54) is 12.1 Å². The molecule has 3 nitrogen and oxygen atoms in total. The van der Waals surface area contributed by atoms with Crippen molar-refractivity contribution in [2.45, 2.75) is 20.4 Å². The van der Waals surface area contributed by atoms with Crippen LogP contribution in [-0.4, -0.2) is 11.7 Å². The number of hydrogen-bond donors (Lipinski definition) is 1.